The molecule has 0 aromatic carbocycles. The van der Waals surface area contributed by atoms with Gasteiger partial charge in [0.05, 0.1) is 6.08 Å². The van der Waals surface area contributed by atoms with Gasteiger partial charge in [-0.1, -0.05) is 0 Å². The van der Waals surface area contributed by atoms with Crippen molar-refractivity contribution in [1.82, 2.24) is 10.2 Å². The minimum Gasteiger partial charge on any atom is -0.278 e. The van der Waals surface area contributed by atoms with Gasteiger partial charge in [0.15, 0.2) is 0 Å². The highest BCUT2D eigenvalue weighted by Crippen LogP contribution is 2.08. The van der Waals surface area contributed by atoms with Crippen molar-refractivity contribution < 1.29 is 4.79 Å². The average Bonchev–Trinajstić information content (AvgIpc) is 2.27. The summed E-state index contributed by atoms with van der Waals surface area (Å²) in [6.07, 6.45) is 3.30. The van der Waals surface area contributed by atoms with E-state index in [0.717, 1.165) is 0 Å². The second-order valence-corrected chi connectivity index (χ2v) is 2.19. The van der Waals surface area contributed by atoms with E-state index >= 15 is 0 Å². The highest BCUT2D eigenvalue weighted by atomic mass is 16.2. The van der Waals surface area contributed by atoms with Crippen LogP contribution in [0.2, 0.25) is 0 Å². The first-order chi connectivity index (χ1) is 4.86. The lowest BCUT2D eigenvalue weighted by Crippen LogP contribution is -2.30. The first-order valence-electron chi connectivity index (χ1n) is 3.03. The fourth-order valence-corrected chi connectivity index (χ4v) is 1.01. The van der Waals surface area contributed by atoms with E-state index in [0.29, 0.717) is 6.54 Å². The van der Waals surface area contributed by atoms with Crippen LogP contribution in [0.25, 0.3) is 4.85 Å². The Bertz CT molecular complexity index is 260. The zero-order chi connectivity index (χ0) is 6.97. The molecule has 0 radical (unpaired) electrons. The molecule has 2 aliphatic heterocycles. The van der Waals surface area contributed by atoms with Gasteiger partial charge in [0.2, 0.25) is 5.91 Å². The molecule has 0 aromatic heterocycles. The zero-order valence-electron chi connectivity index (χ0n) is 5.24. The molecule has 0 aliphatic carbocycles. The van der Waals surface area contributed by atoms with Gasteiger partial charge in [-0.2, -0.15) is 0 Å². The maximum Gasteiger partial charge on any atom is 0.429 e. The Morgan fingerprint density at radius 1 is 1.90 bits per heavy atom. The van der Waals surface area contributed by atoms with E-state index in [9.17, 15) is 4.79 Å². The van der Waals surface area contributed by atoms with Crippen molar-refractivity contribution in [3.05, 3.63) is 17.1 Å². The maximum absolute atomic E-state index is 10.7. The molecule has 10 heavy (non-hydrogen) atoms. The summed E-state index contributed by atoms with van der Waals surface area (Å²) in [5.74, 6) is 0.0158. The quantitative estimate of drug-likeness (QED) is 0.490. The number of nitrogens with one attached hydrogen (secondary N) is 1. The molecule has 50 valence electrons. The summed E-state index contributed by atoms with van der Waals surface area (Å²) in [5.41, 5.74) is 0. The second-order valence-electron chi connectivity index (χ2n) is 2.19. The molecule has 1 saturated heterocycles. The number of nitrogens with zero attached hydrogens (tertiary/aromatic N) is 2. The van der Waals surface area contributed by atoms with Crippen molar-refractivity contribution in [2.75, 3.05) is 6.54 Å². The molecule has 2 heterocycles. The van der Waals surface area contributed by atoms with Gasteiger partial charge < -0.3 is 0 Å². The molecule has 0 bridgehead atoms. The second kappa shape index (κ2) is 1.74. The van der Waals surface area contributed by atoms with Gasteiger partial charge in [0, 0.05) is 6.20 Å². The summed E-state index contributed by atoms with van der Waals surface area (Å²) in [5, 5.41) is 2.66. The molecule has 0 saturated carbocycles. The lowest BCUT2D eigenvalue weighted by Gasteiger charge is -2.06. The monoisotopic (exact) mass is 136 g/mol. The number of allylic oxidation sites excluding steroid dienone is 1. The molecule has 2 rings (SSSR count). The van der Waals surface area contributed by atoms with E-state index in [1.165, 1.54) is 0 Å². The number of hydrogen-bond donors (Lipinski definition) is 1. The molecule has 0 aromatic rings. The van der Waals surface area contributed by atoms with Gasteiger partial charge >= 0.3 is 12.4 Å². The molecule has 1 fully saturated rings. The molecule has 1 N–H and O–H groups in total. The van der Waals surface area contributed by atoms with Crippen LogP contribution in [0.1, 0.15) is 0 Å². The SMILES string of the molecule is O=C1CN2C=CC#[N+]C2N1. The third-order valence-electron chi connectivity index (χ3n) is 1.47. The van der Waals surface area contributed by atoms with Crippen LogP contribution in [0, 0.1) is 6.07 Å². The smallest absolute Gasteiger partial charge is 0.278 e. The van der Waals surface area contributed by atoms with Crippen molar-refractivity contribution in [3.8, 4) is 6.07 Å². The first kappa shape index (κ1) is 5.30. The Morgan fingerprint density at radius 2 is 2.80 bits per heavy atom. The molecular formula is C6H6N3O+. The highest BCUT2D eigenvalue weighted by molar-refractivity contribution is 5.81. The molecular weight excluding hydrogens is 130 g/mol. The van der Waals surface area contributed by atoms with Crippen LogP contribution in [-0.2, 0) is 4.79 Å². The summed E-state index contributed by atoms with van der Waals surface area (Å²) in [6, 6.07) is 2.66. The summed E-state index contributed by atoms with van der Waals surface area (Å²) >= 11 is 0. The topological polar surface area (TPSA) is 36.7 Å². The molecule has 4 nitrogen and oxygen atoms in total. The van der Waals surface area contributed by atoms with E-state index in [-0.39, 0.29) is 12.2 Å². The van der Waals surface area contributed by atoms with Crippen molar-refractivity contribution in [3.63, 3.8) is 0 Å². The minimum absolute atomic E-state index is 0.0158. The summed E-state index contributed by atoms with van der Waals surface area (Å²) in [6.45, 7) is 0.409. The standard InChI is InChI=1S/C6H5N3O/c10-5-4-9-3-1-2-7-6(9)8-5/h1,3,6H,4H2/p+1. The number of carbonyl (C=O) groups excluding carboxylic acids is 1. The Labute approximate surface area is 57.9 Å². The largest absolute Gasteiger partial charge is 0.429 e. The van der Waals surface area contributed by atoms with E-state index in [4.69, 9.17) is 0 Å². The van der Waals surface area contributed by atoms with Crippen molar-refractivity contribution in [1.29, 1.82) is 0 Å². The predicted octanol–water partition coefficient (Wildman–Crippen LogP) is -0.438. The first-order valence-corrected chi connectivity index (χ1v) is 3.03. The lowest BCUT2D eigenvalue weighted by molar-refractivity contribution is -0.118. The summed E-state index contributed by atoms with van der Waals surface area (Å²) in [4.78, 5) is 16.5. The zero-order valence-corrected chi connectivity index (χ0v) is 5.24. The Morgan fingerprint density at radius 3 is 3.60 bits per heavy atom. The van der Waals surface area contributed by atoms with Crippen LogP contribution < -0.4 is 5.32 Å². The van der Waals surface area contributed by atoms with Crippen LogP contribution in [-0.4, -0.2) is 23.6 Å². The Kier molecular flexibility index (Phi) is 0.921. The van der Waals surface area contributed by atoms with Gasteiger partial charge in [-0.3, -0.25) is 15.0 Å². The van der Waals surface area contributed by atoms with Gasteiger partial charge in [0.25, 0.3) is 0 Å². The van der Waals surface area contributed by atoms with Crippen LogP contribution in [0.4, 0.5) is 0 Å². The minimum atomic E-state index is -0.197. The number of carbonyl (C=O) groups is 1. The fourth-order valence-electron chi connectivity index (χ4n) is 1.01. The van der Waals surface area contributed by atoms with E-state index in [2.05, 4.69) is 16.2 Å². The molecule has 2 aliphatic rings. The third kappa shape index (κ3) is 0.642. The normalized spacial score (nSPS) is 27.0. The molecule has 1 amide bonds. The average molecular weight is 136 g/mol. The van der Waals surface area contributed by atoms with Crippen LogP contribution >= 0.6 is 0 Å². The number of fused-ring (bicyclic) bond motifs is 1. The van der Waals surface area contributed by atoms with Crippen LogP contribution in [0.15, 0.2) is 12.3 Å². The van der Waals surface area contributed by atoms with Gasteiger partial charge in [-0.05, 0) is 4.85 Å². The summed E-state index contributed by atoms with van der Waals surface area (Å²) < 4.78 is 0. The van der Waals surface area contributed by atoms with Gasteiger partial charge in [0.1, 0.15) is 6.54 Å². The van der Waals surface area contributed by atoms with Crippen LogP contribution in [0.3, 0.4) is 0 Å². The fraction of sp³-hybridized carbons (Fsp3) is 0.333. The van der Waals surface area contributed by atoms with Gasteiger partial charge in [-0.25, -0.2) is 0 Å². The number of rotatable bonds is 0. The molecule has 1 unspecified atom stereocenters. The number of amides is 1. The van der Waals surface area contributed by atoms with Crippen molar-refractivity contribution >= 4 is 5.91 Å². The third-order valence-corrected chi connectivity index (χ3v) is 1.47. The molecule has 4 heteroatoms. The van der Waals surface area contributed by atoms with E-state index in [1.807, 2.05) is 4.90 Å². The lowest BCUT2D eigenvalue weighted by atomic mass is 10.5. The molecule has 0 spiro atoms. The molecule has 1 atom stereocenters. The number of hydrogen-bond acceptors (Lipinski definition) is 2. The Hall–Kier alpha value is -1.50. The van der Waals surface area contributed by atoms with Crippen molar-refractivity contribution in [2.24, 2.45) is 0 Å². The van der Waals surface area contributed by atoms with Gasteiger partial charge in [-0.15, -0.1) is 0 Å². The predicted molar refractivity (Wildman–Crippen MR) is 35.0 cm³/mol. The Balaban J connectivity index is 2.26. The van der Waals surface area contributed by atoms with Crippen LogP contribution in [0.5, 0.6) is 0 Å². The van der Waals surface area contributed by atoms with Crippen molar-refractivity contribution in [2.45, 2.75) is 6.29 Å². The highest BCUT2D eigenvalue weighted by Gasteiger charge is 2.35. The van der Waals surface area contributed by atoms with E-state index < -0.39 is 0 Å². The summed E-state index contributed by atoms with van der Waals surface area (Å²) in [7, 11) is 0. The maximum atomic E-state index is 10.7. The van der Waals surface area contributed by atoms with E-state index in [1.54, 1.807) is 12.3 Å².